The van der Waals surface area contributed by atoms with Crippen molar-refractivity contribution in [2.45, 2.75) is 89.8 Å². The Balaban J connectivity index is 2.34. The fourth-order valence-electron chi connectivity index (χ4n) is 3.76. The molecule has 2 nitrogen and oxygen atoms in total. The van der Waals surface area contributed by atoms with Crippen molar-refractivity contribution in [1.82, 2.24) is 0 Å². The summed E-state index contributed by atoms with van der Waals surface area (Å²) in [4.78, 5) is 0. The topological polar surface area (TPSA) is 18.5 Å². The second-order valence-corrected chi connectivity index (χ2v) is 7.81. The highest BCUT2D eigenvalue weighted by molar-refractivity contribution is 5.20. The fourth-order valence-corrected chi connectivity index (χ4v) is 3.76. The average molecular weight is 398 g/mol. The molecular weight excluding hydrogens is 358 g/mol. The minimum atomic E-state index is -0.484. The Hall–Kier alpha value is -1.00. The molecule has 0 aromatic heterocycles. The highest BCUT2D eigenvalue weighted by Gasteiger charge is 2.21. The molecule has 0 saturated heterocycles. The van der Waals surface area contributed by atoms with E-state index in [1.165, 1.54) is 50.3 Å². The van der Waals surface area contributed by atoms with Gasteiger partial charge in [0.1, 0.15) is 11.6 Å². The highest BCUT2D eigenvalue weighted by atomic mass is 19.1. The molecule has 0 spiro atoms. The van der Waals surface area contributed by atoms with Crippen LogP contribution in [-0.2, 0) is 15.9 Å². The van der Waals surface area contributed by atoms with Gasteiger partial charge in [0.2, 0.25) is 0 Å². The standard InChI is InChI=1S/C24H39F2O2/c1-5-6-7-8-9-10-16-23(27-3)24(28-4)17-11-13-19(2)18-20-21(25)14-12-15-22(20)26/h12,14-15,19,23-24H,2,5-11,13,16-18H2,1,3-4H3. The Bertz CT molecular complexity index is 501. The molecule has 0 fully saturated rings. The zero-order valence-corrected chi connectivity index (χ0v) is 18.0. The van der Waals surface area contributed by atoms with Crippen molar-refractivity contribution >= 4 is 0 Å². The quantitative estimate of drug-likeness (QED) is 0.282. The largest absolute Gasteiger partial charge is 0.379 e. The van der Waals surface area contributed by atoms with E-state index in [1.54, 1.807) is 14.2 Å². The molecule has 28 heavy (non-hydrogen) atoms. The van der Waals surface area contributed by atoms with E-state index in [0.717, 1.165) is 32.1 Å². The SMILES string of the molecule is [CH2]C(CCCC(OC)C(CCCCCCCC)OC)Cc1c(F)cccc1F. The molecule has 3 unspecified atom stereocenters. The normalized spacial score (nSPS) is 14.8. The predicted molar refractivity (Wildman–Crippen MR) is 112 cm³/mol. The summed E-state index contributed by atoms with van der Waals surface area (Å²) in [5.41, 5.74) is 0.142. The molecule has 1 rings (SSSR count). The van der Waals surface area contributed by atoms with Gasteiger partial charge in [-0.05, 0) is 44.2 Å². The van der Waals surface area contributed by atoms with E-state index in [9.17, 15) is 8.78 Å². The molecule has 4 heteroatoms. The maximum absolute atomic E-state index is 13.8. The van der Waals surface area contributed by atoms with E-state index in [-0.39, 0.29) is 23.7 Å². The molecule has 0 bridgehead atoms. The molecule has 0 saturated carbocycles. The van der Waals surface area contributed by atoms with E-state index >= 15 is 0 Å². The molecule has 0 aliphatic heterocycles. The van der Waals surface area contributed by atoms with Gasteiger partial charge >= 0.3 is 0 Å². The number of ether oxygens (including phenoxy) is 2. The lowest BCUT2D eigenvalue weighted by Crippen LogP contribution is -2.30. The highest BCUT2D eigenvalue weighted by Crippen LogP contribution is 2.22. The van der Waals surface area contributed by atoms with Crippen LogP contribution < -0.4 is 0 Å². The zero-order chi connectivity index (χ0) is 20.8. The monoisotopic (exact) mass is 397 g/mol. The average Bonchev–Trinajstić information content (AvgIpc) is 2.68. The van der Waals surface area contributed by atoms with Gasteiger partial charge in [-0.3, -0.25) is 0 Å². The predicted octanol–water partition coefficient (Wildman–Crippen LogP) is 6.91. The Morgan fingerprint density at radius 3 is 1.93 bits per heavy atom. The van der Waals surface area contributed by atoms with Gasteiger partial charge in [-0.15, -0.1) is 0 Å². The van der Waals surface area contributed by atoms with E-state index in [1.807, 2.05) is 0 Å². The second-order valence-electron chi connectivity index (χ2n) is 7.81. The second kappa shape index (κ2) is 14.9. The van der Waals surface area contributed by atoms with Gasteiger partial charge in [0.25, 0.3) is 0 Å². The summed E-state index contributed by atoms with van der Waals surface area (Å²) in [6.45, 7) is 6.31. The molecule has 1 aromatic carbocycles. The van der Waals surface area contributed by atoms with Gasteiger partial charge in [0, 0.05) is 19.8 Å². The molecular formula is C24H39F2O2. The van der Waals surface area contributed by atoms with Crippen molar-refractivity contribution in [2.24, 2.45) is 5.92 Å². The third-order valence-corrected chi connectivity index (χ3v) is 5.52. The molecule has 1 radical (unpaired) electrons. The summed E-state index contributed by atoms with van der Waals surface area (Å²) >= 11 is 0. The van der Waals surface area contributed by atoms with Gasteiger partial charge in [-0.1, -0.05) is 64.4 Å². The Morgan fingerprint density at radius 1 is 0.821 bits per heavy atom. The van der Waals surface area contributed by atoms with Crippen LogP contribution >= 0.6 is 0 Å². The molecule has 0 aliphatic carbocycles. The summed E-state index contributed by atoms with van der Waals surface area (Å²) in [5, 5.41) is 0. The zero-order valence-electron chi connectivity index (χ0n) is 18.0. The molecule has 0 amide bonds. The molecule has 0 aliphatic rings. The lowest BCUT2D eigenvalue weighted by atomic mass is 9.93. The molecule has 161 valence electrons. The van der Waals surface area contributed by atoms with Gasteiger partial charge in [0.15, 0.2) is 0 Å². The van der Waals surface area contributed by atoms with Crippen LogP contribution in [0.2, 0.25) is 0 Å². The van der Waals surface area contributed by atoms with Crippen LogP contribution in [0.4, 0.5) is 8.78 Å². The first kappa shape index (κ1) is 25.0. The number of hydrogen-bond acceptors (Lipinski definition) is 2. The summed E-state index contributed by atoms with van der Waals surface area (Å²) in [6.07, 6.45) is 11.7. The smallest absolute Gasteiger partial charge is 0.129 e. The van der Waals surface area contributed by atoms with Crippen molar-refractivity contribution in [3.8, 4) is 0 Å². The third kappa shape index (κ3) is 9.47. The van der Waals surface area contributed by atoms with E-state index in [4.69, 9.17) is 9.47 Å². The maximum Gasteiger partial charge on any atom is 0.129 e. The fraction of sp³-hybridized carbons (Fsp3) is 0.708. The number of halogens is 2. The Labute approximate surface area is 171 Å². The van der Waals surface area contributed by atoms with Crippen LogP contribution in [0.3, 0.4) is 0 Å². The number of rotatable bonds is 16. The first-order valence-corrected chi connectivity index (χ1v) is 10.8. The number of unbranched alkanes of at least 4 members (excludes halogenated alkanes) is 5. The van der Waals surface area contributed by atoms with Crippen LogP contribution in [0.25, 0.3) is 0 Å². The minimum Gasteiger partial charge on any atom is -0.379 e. The van der Waals surface area contributed by atoms with E-state index < -0.39 is 11.6 Å². The lowest BCUT2D eigenvalue weighted by Gasteiger charge is -2.25. The first-order chi connectivity index (χ1) is 13.5. The van der Waals surface area contributed by atoms with Crippen LogP contribution in [0.5, 0.6) is 0 Å². The van der Waals surface area contributed by atoms with Gasteiger partial charge < -0.3 is 9.47 Å². The first-order valence-electron chi connectivity index (χ1n) is 10.8. The summed E-state index contributed by atoms with van der Waals surface area (Å²) in [7, 11) is 3.48. The van der Waals surface area contributed by atoms with Crippen LogP contribution in [-0.4, -0.2) is 26.4 Å². The van der Waals surface area contributed by atoms with Gasteiger partial charge in [-0.2, -0.15) is 0 Å². The van der Waals surface area contributed by atoms with Crippen LogP contribution in [0, 0.1) is 24.5 Å². The molecule has 1 aromatic rings. The summed E-state index contributed by atoms with van der Waals surface area (Å²) in [5.74, 6) is -0.993. The lowest BCUT2D eigenvalue weighted by molar-refractivity contribution is -0.0452. The molecule has 0 N–H and O–H groups in total. The van der Waals surface area contributed by atoms with Crippen molar-refractivity contribution in [3.63, 3.8) is 0 Å². The minimum absolute atomic E-state index is 0.0246. The molecule has 0 heterocycles. The van der Waals surface area contributed by atoms with Gasteiger partial charge in [0.05, 0.1) is 12.2 Å². The van der Waals surface area contributed by atoms with Crippen LogP contribution in [0.15, 0.2) is 18.2 Å². The Kier molecular flexibility index (Phi) is 13.3. The number of benzene rings is 1. The number of methoxy groups -OCH3 is 2. The summed E-state index contributed by atoms with van der Waals surface area (Å²) in [6, 6.07) is 4.00. The van der Waals surface area contributed by atoms with E-state index in [0.29, 0.717) is 6.42 Å². The Morgan fingerprint density at radius 2 is 1.36 bits per heavy atom. The van der Waals surface area contributed by atoms with Crippen molar-refractivity contribution in [1.29, 1.82) is 0 Å². The maximum atomic E-state index is 13.8. The van der Waals surface area contributed by atoms with Crippen molar-refractivity contribution in [2.75, 3.05) is 14.2 Å². The van der Waals surface area contributed by atoms with Crippen LogP contribution in [0.1, 0.15) is 76.7 Å². The van der Waals surface area contributed by atoms with E-state index in [2.05, 4.69) is 13.8 Å². The van der Waals surface area contributed by atoms with Gasteiger partial charge in [-0.25, -0.2) is 8.78 Å². The molecule has 3 atom stereocenters. The third-order valence-electron chi connectivity index (χ3n) is 5.52. The van der Waals surface area contributed by atoms with Crippen molar-refractivity contribution < 1.29 is 18.3 Å². The summed E-state index contributed by atoms with van der Waals surface area (Å²) < 4.78 is 38.9. The number of hydrogen-bond donors (Lipinski definition) is 0. The van der Waals surface area contributed by atoms with Crippen molar-refractivity contribution in [3.05, 3.63) is 42.3 Å².